The lowest BCUT2D eigenvalue weighted by Crippen LogP contribution is -2.15. The van der Waals surface area contributed by atoms with Crippen molar-refractivity contribution in [2.75, 3.05) is 6.61 Å². The number of hydrogen-bond acceptors (Lipinski definition) is 5. The number of hydrogen-bond donors (Lipinski definition) is 1. The molecule has 0 amide bonds. The second-order valence-electron chi connectivity index (χ2n) is 4.94. The van der Waals surface area contributed by atoms with Crippen molar-refractivity contribution in [1.29, 1.82) is 0 Å². The summed E-state index contributed by atoms with van der Waals surface area (Å²) < 4.78 is 41.1. The lowest BCUT2D eigenvalue weighted by atomic mass is 10.1. The Labute approximate surface area is 122 Å². The highest BCUT2D eigenvalue weighted by molar-refractivity contribution is 7.89. The van der Waals surface area contributed by atoms with Gasteiger partial charge in [0.05, 0.1) is 11.5 Å². The number of benzene rings is 1. The van der Waals surface area contributed by atoms with Crippen molar-refractivity contribution in [3.63, 3.8) is 0 Å². The van der Waals surface area contributed by atoms with E-state index in [0.717, 1.165) is 6.42 Å². The van der Waals surface area contributed by atoms with Crippen LogP contribution in [-0.2, 0) is 10.0 Å². The van der Waals surface area contributed by atoms with Gasteiger partial charge in [0, 0.05) is 12.1 Å². The van der Waals surface area contributed by atoms with E-state index in [0.29, 0.717) is 24.5 Å². The molecule has 0 aliphatic heterocycles. The van der Waals surface area contributed by atoms with E-state index < -0.39 is 31.3 Å². The van der Waals surface area contributed by atoms with E-state index in [4.69, 9.17) is 9.88 Å². The first-order valence-corrected chi connectivity index (χ1v) is 7.81. The Kier molecular flexibility index (Phi) is 5.62. The van der Waals surface area contributed by atoms with E-state index in [1.807, 2.05) is 13.8 Å². The average Bonchev–Trinajstić information content (AvgIpc) is 2.32. The predicted molar refractivity (Wildman–Crippen MR) is 74.0 cm³/mol. The van der Waals surface area contributed by atoms with Crippen LogP contribution in [0.25, 0.3) is 0 Å². The third-order valence-electron chi connectivity index (χ3n) is 2.70. The first kappa shape index (κ1) is 17.3. The maximum Gasteiger partial charge on any atom is 0.312 e. The summed E-state index contributed by atoms with van der Waals surface area (Å²) >= 11 is 0. The summed E-state index contributed by atoms with van der Waals surface area (Å²) in [5.41, 5.74) is -0.634. The summed E-state index contributed by atoms with van der Waals surface area (Å²) in [6.07, 6.45) is 1.50. The van der Waals surface area contributed by atoms with E-state index in [2.05, 4.69) is 0 Å². The number of nitrogens with zero attached hydrogens (tertiary/aromatic N) is 1. The molecule has 21 heavy (non-hydrogen) atoms. The molecule has 0 unspecified atom stereocenters. The molecule has 9 heteroatoms. The fourth-order valence-electron chi connectivity index (χ4n) is 1.67. The van der Waals surface area contributed by atoms with Crippen molar-refractivity contribution in [2.24, 2.45) is 11.1 Å². The Morgan fingerprint density at radius 2 is 2.05 bits per heavy atom. The first-order chi connectivity index (χ1) is 9.62. The molecule has 0 heterocycles. The second kappa shape index (κ2) is 6.81. The lowest BCUT2D eigenvalue weighted by molar-refractivity contribution is -0.386. The fourth-order valence-corrected chi connectivity index (χ4v) is 2.28. The molecule has 0 radical (unpaired) electrons. The Balaban J connectivity index is 3.04. The van der Waals surface area contributed by atoms with Gasteiger partial charge in [-0.1, -0.05) is 13.8 Å². The lowest BCUT2D eigenvalue weighted by Gasteiger charge is -2.09. The van der Waals surface area contributed by atoms with Crippen molar-refractivity contribution in [2.45, 2.75) is 31.6 Å². The van der Waals surface area contributed by atoms with Crippen molar-refractivity contribution in [3.05, 3.63) is 28.1 Å². The molecular formula is C12H17FN2O5S. The van der Waals surface area contributed by atoms with Crippen LogP contribution >= 0.6 is 0 Å². The van der Waals surface area contributed by atoms with Gasteiger partial charge in [-0.05, 0) is 18.8 Å². The highest BCUT2D eigenvalue weighted by Gasteiger charge is 2.24. The Hall–Kier alpha value is -1.74. The van der Waals surface area contributed by atoms with Crippen molar-refractivity contribution in [1.82, 2.24) is 0 Å². The predicted octanol–water partition coefficient (Wildman–Crippen LogP) is 2.20. The minimum Gasteiger partial charge on any atom is -0.487 e. The average molecular weight is 320 g/mol. The van der Waals surface area contributed by atoms with Crippen LogP contribution in [0.4, 0.5) is 10.1 Å². The maximum absolute atomic E-state index is 13.7. The molecule has 0 saturated heterocycles. The largest absolute Gasteiger partial charge is 0.487 e. The van der Waals surface area contributed by atoms with Crippen LogP contribution in [0.2, 0.25) is 0 Å². The first-order valence-electron chi connectivity index (χ1n) is 6.26. The SMILES string of the molecule is CC(C)CCCOc1cc(F)c(S(N)(=O)=O)cc1[N+](=O)[O-]. The Morgan fingerprint density at radius 3 is 2.52 bits per heavy atom. The van der Waals surface area contributed by atoms with E-state index in [9.17, 15) is 22.9 Å². The number of rotatable bonds is 7. The zero-order chi connectivity index (χ0) is 16.2. The van der Waals surface area contributed by atoms with Gasteiger partial charge in [-0.3, -0.25) is 10.1 Å². The third kappa shape index (κ3) is 4.94. The quantitative estimate of drug-likeness (QED) is 0.470. The van der Waals surface area contributed by atoms with Gasteiger partial charge in [0.15, 0.2) is 5.75 Å². The molecule has 0 spiro atoms. The number of nitro groups is 1. The van der Waals surface area contributed by atoms with Crippen LogP contribution in [0, 0.1) is 21.8 Å². The zero-order valence-electron chi connectivity index (χ0n) is 11.7. The molecule has 7 nitrogen and oxygen atoms in total. The van der Waals surface area contributed by atoms with Gasteiger partial charge in [-0.25, -0.2) is 17.9 Å². The molecule has 118 valence electrons. The number of halogens is 1. The molecule has 1 aromatic rings. The van der Waals surface area contributed by atoms with Crippen LogP contribution in [-0.4, -0.2) is 19.9 Å². The highest BCUT2D eigenvalue weighted by Crippen LogP contribution is 2.31. The second-order valence-corrected chi connectivity index (χ2v) is 6.47. The van der Waals surface area contributed by atoms with E-state index in [1.54, 1.807) is 0 Å². The van der Waals surface area contributed by atoms with Crippen LogP contribution in [0.1, 0.15) is 26.7 Å². The molecule has 0 fully saturated rings. The van der Waals surface area contributed by atoms with Gasteiger partial charge >= 0.3 is 5.69 Å². The van der Waals surface area contributed by atoms with Crippen molar-refractivity contribution in [3.8, 4) is 5.75 Å². The van der Waals surface area contributed by atoms with Gasteiger partial charge in [0.1, 0.15) is 10.7 Å². The number of primary sulfonamides is 1. The molecule has 0 atom stereocenters. The monoisotopic (exact) mass is 320 g/mol. The van der Waals surface area contributed by atoms with Gasteiger partial charge in [0.2, 0.25) is 10.0 Å². The van der Waals surface area contributed by atoms with Crippen LogP contribution < -0.4 is 9.88 Å². The molecule has 0 aromatic heterocycles. The summed E-state index contributed by atoms with van der Waals surface area (Å²) in [5, 5.41) is 15.7. The minimum atomic E-state index is -4.38. The van der Waals surface area contributed by atoms with Gasteiger partial charge in [-0.2, -0.15) is 0 Å². The van der Waals surface area contributed by atoms with Crippen molar-refractivity contribution >= 4 is 15.7 Å². The summed E-state index contributed by atoms with van der Waals surface area (Å²) in [4.78, 5) is 9.15. The minimum absolute atomic E-state index is 0.174. The van der Waals surface area contributed by atoms with Gasteiger partial charge < -0.3 is 4.74 Å². The molecule has 0 aliphatic carbocycles. The van der Waals surface area contributed by atoms with Gasteiger partial charge in [0.25, 0.3) is 0 Å². The fraction of sp³-hybridized carbons (Fsp3) is 0.500. The molecular weight excluding hydrogens is 303 g/mol. The summed E-state index contributed by atoms with van der Waals surface area (Å²) in [7, 11) is -4.38. The summed E-state index contributed by atoms with van der Waals surface area (Å²) in [6.45, 7) is 4.21. The van der Waals surface area contributed by atoms with Crippen molar-refractivity contribution < 1.29 is 22.5 Å². The number of sulfonamides is 1. The van der Waals surface area contributed by atoms with Crippen LogP contribution in [0.15, 0.2) is 17.0 Å². The number of ether oxygens (including phenoxy) is 1. The third-order valence-corrected chi connectivity index (χ3v) is 3.63. The maximum atomic E-state index is 13.7. The Morgan fingerprint density at radius 1 is 1.43 bits per heavy atom. The topological polar surface area (TPSA) is 113 Å². The number of nitro benzene ring substituents is 1. The molecule has 0 bridgehead atoms. The van der Waals surface area contributed by atoms with E-state index in [-0.39, 0.29) is 12.4 Å². The molecule has 1 rings (SSSR count). The van der Waals surface area contributed by atoms with Gasteiger partial charge in [-0.15, -0.1) is 0 Å². The standard InChI is InChI=1S/C12H17FN2O5S/c1-8(2)4-3-5-20-11-6-9(13)12(21(14,18)19)7-10(11)15(16)17/h6-8H,3-5H2,1-2H3,(H2,14,18,19). The normalized spacial score (nSPS) is 11.7. The molecule has 0 saturated carbocycles. The van der Waals surface area contributed by atoms with E-state index in [1.165, 1.54) is 0 Å². The van der Waals surface area contributed by atoms with E-state index >= 15 is 0 Å². The van der Waals surface area contributed by atoms with Crippen LogP contribution in [0.3, 0.4) is 0 Å². The highest BCUT2D eigenvalue weighted by atomic mass is 32.2. The molecule has 1 aromatic carbocycles. The Bertz CT molecular complexity index is 631. The summed E-state index contributed by atoms with van der Waals surface area (Å²) in [6, 6.07) is 1.25. The zero-order valence-corrected chi connectivity index (χ0v) is 12.5. The summed E-state index contributed by atoms with van der Waals surface area (Å²) in [5.74, 6) is -1.04. The number of nitrogens with two attached hydrogens (primary N) is 1. The smallest absolute Gasteiger partial charge is 0.312 e. The molecule has 2 N–H and O–H groups in total. The molecule has 0 aliphatic rings. The van der Waals surface area contributed by atoms with Crippen LogP contribution in [0.5, 0.6) is 5.75 Å².